The van der Waals surface area contributed by atoms with Crippen molar-refractivity contribution >= 4 is 136 Å². The second-order valence-corrected chi connectivity index (χ2v) is 27.6. The molecule has 12 nitrogen and oxygen atoms in total. The van der Waals surface area contributed by atoms with Crippen molar-refractivity contribution in [1.29, 1.82) is 0 Å². The van der Waals surface area contributed by atoms with Crippen LogP contribution in [0.2, 0.25) is 40.2 Å². The number of aromatic nitrogens is 4. The Bertz CT molecular complexity index is 5310. The molecule has 3 aromatic heterocycles. The molecule has 0 aliphatic carbocycles. The highest BCUT2D eigenvalue weighted by molar-refractivity contribution is 6.33. The monoisotopic (exact) mass is 1520 g/mol. The van der Waals surface area contributed by atoms with E-state index in [2.05, 4.69) is 9.97 Å². The lowest BCUT2D eigenvalue weighted by Gasteiger charge is -2.15. The second-order valence-electron chi connectivity index (χ2n) is 24.1. The van der Waals surface area contributed by atoms with Gasteiger partial charge in [-0.2, -0.15) is 0 Å². The minimum absolute atomic E-state index is 0.368. The molecule has 0 unspecified atom stereocenters. The van der Waals surface area contributed by atoms with Crippen LogP contribution in [0, 0.1) is 0 Å². The van der Waals surface area contributed by atoms with Crippen LogP contribution in [0.25, 0.3) is 88.6 Å². The van der Waals surface area contributed by atoms with E-state index in [1.54, 1.807) is 194 Å². The third kappa shape index (κ3) is 14.1. The number of benzene rings is 12. The Kier molecular flexibility index (Phi) is 17.8. The standard InChI is InChI=1S/C84H46Cl8N4O8/c85-45-1-17-53(18-2-45)97-77-33-61-62(34-78(77)98-54-19-3-46(86)4-20-54)70-42-72-65-37-81(101-57-25-9-49(89)10-26-57)82(102-58-27-11-50(90)12-28-58)38-66(65)74(95-72)44-76-68-40-84(104-60-31-15-52(92)16-32-60)83(103-59-29-13-51(91)14-30-59)39-67(68)75(96-76)43-73-64-36-80(100-56-23-7-48(88)8-24-56)79(99-55-21-5-47(87)6-22-55)35-63(64)71(94-73)41-69(61)93-70/h1-44,93,96H. The van der Waals surface area contributed by atoms with Gasteiger partial charge in [0.1, 0.15) is 46.0 Å². The second kappa shape index (κ2) is 28.0. The zero-order valence-electron chi connectivity index (χ0n) is 53.6. The molecule has 0 saturated carbocycles. The van der Waals surface area contributed by atoms with E-state index in [1.807, 2.05) is 72.8 Å². The van der Waals surface area contributed by atoms with Gasteiger partial charge in [-0.3, -0.25) is 0 Å². The highest BCUT2D eigenvalue weighted by Gasteiger charge is 2.28. The minimum Gasteiger partial charge on any atom is -0.453 e. The largest absolute Gasteiger partial charge is 0.453 e. The number of hydrogen-bond donors (Lipinski definition) is 2. The maximum absolute atomic E-state index is 6.80. The number of aromatic amines is 2. The van der Waals surface area contributed by atoms with Crippen LogP contribution in [0.5, 0.6) is 92.0 Å². The summed E-state index contributed by atoms with van der Waals surface area (Å²) in [4.78, 5) is 18.9. The first-order valence-corrected chi connectivity index (χ1v) is 35.2. The Balaban J connectivity index is 0.985. The van der Waals surface area contributed by atoms with Crippen molar-refractivity contribution in [3.8, 4) is 137 Å². The van der Waals surface area contributed by atoms with Gasteiger partial charge in [0.25, 0.3) is 0 Å². The number of ether oxygens (including phenoxy) is 8. The molecule has 17 rings (SSSR count). The maximum Gasteiger partial charge on any atom is 0.170 e. The smallest absolute Gasteiger partial charge is 0.170 e. The Morgan fingerprint density at radius 2 is 0.327 bits per heavy atom. The lowest BCUT2D eigenvalue weighted by atomic mass is 10.0. The molecule has 506 valence electrons. The van der Waals surface area contributed by atoms with Gasteiger partial charge in [0, 0.05) is 106 Å². The molecule has 12 aromatic carbocycles. The predicted molar refractivity (Wildman–Crippen MR) is 417 cm³/mol. The summed E-state index contributed by atoms with van der Waals surface area (Å²) in [5.74, 6) is 6.98. The average molecular weight is 1520 g/mol. The number of H-pyrrole nitrogens is 2. The van der Waals surface area contributed by atoms with Gasteiger partial charge < -0.3 is 47.9 Å². The zero-order valence-corrected chi connectivity index (χ0v) is 59.6. The molecule has 2 aliphatic heterocycles. The molecule has 2 aliphatic rings. The van der Waals surface area contributed by atoms with Crippen molar-refractivity contribution < 1.29 is 37.9 Å². The van der Waals surface area contributed by atoms with Crippen molar-refractivity contribution in [3.05, 3.63) is 307 Å². The van der Waals surface area contributed by atoms with Crippen molar-refractivity contribution in [1.82, 2.24) is 19.9 Å². The molecular weight excluding hydrogens is 1480 g/mol. The first-order valence-electron chi connectivity index (χ1n) is 32.2. The van der Waals surface area contributed by atoms with Gasteiger partial charge in [0.2, 0.25) is 0 Å². The quantitative estimate of drug-likeness (QED) is 0.0964. The van der Waals surface area contributed by atoms with E-state index in [1.165, 1.54) is 0 Å². The summed E-state index contributed by atoms with van der Waals surface area (Å²) in [5.41, 5.74) is 7.42. The molecule has 0 fully saturated rings. The van der Waals surface area contributed by atoms with Crippen LogP contribution < -0.4 is 37.9 Å². The van der Waals surface area contributed by atoms with Crippen LogP contribution in [0.4, 0.5) is 0 Å². The third-order valence-electron chi connectivity index (χ3n) is 17.1. The highest BCUT2D eigenvalue weighted by atomic mass is 35.5. The lowest BCUT2D eigenvalue weighted by molar-refractivity contribution is 0.419. The highest BCUT2D eigenvalue weighted by Crippen LogP contribution is 2.52. The Morgan fingerprint density at radius 1 is 0.183 bits per heavy atom. The predicted octanol–water partition coefficient (Wildman–Crippen LogP) is 28.9. The van der Waals surface area contributed by atoms with Crippen LogP contribution in [-0.4, -0.2) is 19.9 Å². The molecule has 0 saturated heterocycles. The van der Waals surface area contributed by atoms with E-state index in [4.69, 9.17) is 141 Å². The van der Waals surface area contributed by atoms with Crippen LogP contribution in [0.1, 0.15) is 0 Å². The van der Waals surface area contributed by atoms with Gasteiger partial charge in [-0.1, -0.05) is 92.8 Å². The number of halogens is 8. The topological polar surface area (TPSA) is 131 Å². The van der Waals surface area contributed by atoms with Crippen molar-refractivity contribution in [2.75, 3.05) is 0 Å². The molecule has 104 heavy (non-hydrogen) atoms. The SMILES string of the molecule is Clc1ccc(Oc2cc3c(cc2Oc2ccc(Cl)cc2)-c2cc4[nH]c(cc5nc(cc6[nH]c(cc-3n2)c2cc(Oc3ccc(Cl)cc3)c(Oc3ccc(Cl)cc3)cc62)-c2cc(Oc3ccc(Cl)cc3)c(Oc3ccc(Cl)cc3)cc2-5)c2cc(Oc3ccc(Cl)cc3)c(Oc3ccc(Cl)cc3)cc42)cc1. The molecule has 15 aromatic rings. The molecular formula is C84H46Cl8N4O8. The van der Waals surface area contributed by atoms with Crippen LogP contribution in [-0.2, 0) is 0 Å². The van der Waals surface area contributed by atoms with Crippen LogP contribution in [0.15, 0.2) is 267 Å². The fraction of sp³-hybridized carbons (Fsp3) is 0. The molecule has 8 bridgehead atoms. The van der Waals surface area contributed by atoms with E-state index in [-0.39, 0.29) is 0 Å². The molecule has 0 radical (unpaired) electrons. The lowest BCUT2D eigenvalue weighted by Crippen LogP contribution is -1.92. The Morgan fingerprint density at radius 3 is 0.481 bits per heavy atom. The zero-order chi connectivity index (χ0) is 70.7. The fourth-order valence-electron chi connectivity index (χ4n) is 12.2. The Hall–Kier alpha value is -11.0. The van der Waals surface area contributed by atoms with E-state index in [9.17, 15) is 0 Å². The molecule has 20 heteroatoms. The normalized spacial score (nSPS) is 11.5. The van der Waals surface area contributed by atoms with Gasteiger partial charge >= 0.3 is 0 Å². The molecule has 0 amide bonds. The number of fused-ring (bicyclic) bond motifs is 20. The minimum atomic E-state index is 0.368. The number of nitrogens with zero attached hydrogens (tertiary/aromatic N) is 2. The summed E-state index contributed by atoms with van der Waals surface area (Å²) >= 11 is 51.6. The first kappa shape index (κ1) is 66.3. The maximum atomic E-state index is 6.80. The van der Waals surface area contributed by atoms with Crippen molar-refractivity contribution in [3.63, 3.8) is 0 Å². The molecule has 5 heterocycles. The molecule has 2 N–H and O–H groups in total. The van der Waals surface area contributed by atoms with Crippen LogP contribution in [0.3, 0.4) is 0 Å². The van der Waals surface area contributed by atoms with Crippen molar-refractivity contribution in [2.45, 2.75) is 0 Å². The molecule has 0 spiro atoms. The summed E-state index contributed by atoms with van der Waals surface area (Å²) in [6.45, 7) is 0. The van der Waals surface area contributed by atoms with Gasteiger partial charge in [-0.25, -0.2) is 9.97 Å². The van der Waals surface area contributed by atoms with E-state index in [0.717, 1.165) is 0 Å². The number of hydrogen-bond acceptors (Lipinski definition) is 10. The Labute approximate surface area is 633 Å². The summed E-state index contributed by atoms with van der Waals surface area (Å²) in [5, 5.41) is 7.16. The number of nitrogens with one attached hydrogen (secondary N) is 2. The van der Waals surface area contributed by atoms with Gasteiger partial charge in [-0.15, -0.1) is 0 Å². The van der Waals surface area contributed by atoms with E-state index < -0.39 is 0 Å². The van der Waals surface area contributed by atoms with Crippen LogP contribution >= 0.6 is 92.8 Å². The summed E-state index contributed by atoms with van der Waals surface area (Å²) in [6, 6.07) is 80.1. The van der Waals surface area contributed by atoms with Gasteiger partial charge in [0.05, 0.1) is 22.8 Å². The summed E-state index contributed by atoms with van der Waals surface area (Å²) < 4.78 is 54.4. The van der Waals surface area contributed by atoms with Gasteiger partial charge in [0.15, 0.2) is 46.0 Å². The summed E-state index contributed by atoms with van der Waals surface area (Å²) in [7, 11) is 0. The molecule has 0 atom stereocenters. The summed E-state index contributed by atoms with van der Waals surface area (Å²) in [6.07, 6.45) is 0. The first-order chi connectivity index (χ1) is 50.6. The van der Waals surface area contributed by atoms with E-state index in [0.29, 0.717) is 221 Å². The average Bonchev–Trinajstić information content (AvgIpc) is 1.59. The number of rotatable bonds is 16. The fourth-order valence-corrected chi connectivity index (χ4v) is 13.2. The van der Waals surface area contributed by atoms with Crippen molar-refractivity contribution in [2.24, 2.45) is 0 Å². The van der Waals surface area contributed by atoms with E-state index >= 15 is 0 Å². The van der Waals surface area contributed by atoms with Gasteiger partial charge in [-0.05, 0) is 267 Å². The third-order valence-corrected chi connectivity index (χ3v) is 19.1.